The van der Waals surface area contributed by atoms with E-state index < -0.39 is 10.0 Å². The molecule has 27 heavy (non-hydrogen) atoms. The molecule has 0 bridgehead atoms. The predicted octanol–water partition coefficient (Wildman–Crippen LogP) is 1.21. The van der Waals surface area contributed by atoms with Crippen LogP contribution in [0.4, 0.5) is 0 Å². The van der Waals surface area contributed by atoms with Crippen LogP contribution in [0.5, 0.6) is 0 Å². The summed E-state index contributed by atoms with van der Waals surface area (Å²) in [5.41, 5.74) is 0.433. The van der Waals surface area contributed by atoms with Crippen molar-refractivity contribution in [3.8, 4) is 0 Å². The van der Waals surface area contributed by atoms with Crippen LogP contribution in [0.25, 0.3) is 0 Å². The maximum atomic E-state index is 12.2. The molecule has 1 atom stereocenters. The lowest BCUT2D eigenvalue weighted by Crippen LogP contribution is -2.37. The molecule has 1 saturated heterocycles. The van der Waals surface area contributed by atoms with Crippen LogP contribution in [0.3, 0.4) is 0 Å². The van der Waals surface area contributed by atoms with Crippen LogP contribution in [0.2, 0.25) is 0 Å². The van der Waals surface area contributed by atoms with Gasteiger partial charge in [0.05, 0.1) is 11.4 Å². The Morgan fingerprint density at radius 1 is 1.22 bits per heavy atom. The molecule has 0 unspecified atom stereocenters. The van der Waals surface area contributed by atoms with Gasteiger partial charge in [0.2, 0.25) is 10.0 Å². The Morgan fingerprint density at radius 3 is 2.56 bits per heavy atom. The summed E-state index contributed by atoms with van der Waals surface area (Å²) in [6, 6.07) is 6.19. The summed E-state index contributed by atoms with van der Waals surface area (Å²) >= 11 is 0. The molecule has 8 nitrogen and oxygen atoms in total. The minimum Gasteiger partial charge on any atom is -0.350 e. The molecule has 11 heteroatoms. The second-order valence-electron chi connectivity index (χ2n) is 5.89. The number of amides is 1. The molecular formula is C16H23Cl2N5O3S. The third-order valence-corrected chi connectivity index (χ3v) is 5.50. The lowest BCUT2D eigenvalue weighted by atomic mass is 10.2. The van der Waals surface area contributed by atoms with E-state index in [0.29, 0.717) is 24.0 Å². The Morgan fingerprint density at radius 2 is 1.96 bits per heavy atom. The van der Waals surface area contributed by atoms with Crippen LogP contribution >= 0.6 is 24.8 Å². The van der Waals surface area contributed by atoms with Crippen molar-refractivity contribution in [3.63, 3.8) is 0 Å². The summed E-state index contributed by atoms with van der Waals surface area (Å²) in [5.74, 6) is 0.321. The number of sulfonamides is 1. The second kappa shape index (κ2) is 10.6. The van der Waals surface area contributed by atoms with Gasteiger partial charge in [-0.1, -0.05) is 0 Å². The first-order valence-electron chi connectivity index (χ1n) is 8.14. The third-order valence-electron chi connectivity index (χ3n) is 4.08. The van der Waals surface area contributed by atoms with Gasteiger partial charge < -0.3 is 15.6 Å². The number of carbonyl (C=O) groups excluding carboxylic acids is 1. The minimum absolute atomic E-state index is 0. The first kappa shape index (κ1) is 23.4. The smallest absolute Gasteiger partial charge is 0.251 e. The van der Waals surface area contributed by atoms with Crippen molar-refractivity contribution in [1.29, 1.82) is 0 Å². The topological polar surface area (TPSA) is 116 Å². The monoisotopic (exact) mass is 435 g/mol. The van der Waals surface area contributed by atoms with Gasteiger partial charge in [-0.2, -0.15) is 0 Å². The number of imidazole rings is 1. The molecule has 2 heterocycles. The Kier molecular flexibility index (Phi) is 9.20. The predicted molar refractivity (Wildman–Crippen MR) is 107 cm³/mol. The molecule has 0 radical (unpaired) electrons. The summed E-state index contributed by atoms with van der Waals surface area (Å²) in [4.78, 5) is 19.0. The van der Waals surface area contributed by atoms with Crippen LogP contribution in [0, 0.1) is 0 Å². The Hall–Kier alpha value is -1.65. The van der Waals surface area contributed by atoms with E-state index in [9.17, 15) is 13.2 Å². The normalized spacial score (nSPS) is 16.2. The Labute approximate surface area is 170 Å². The minimum atomic E-state index is -3.66. The molecule has 0 spiro atoms. The van der Waals surface area contributed by atoms with Crippen molar-refractivity contribution >= 4 is 40.7 Å². The first-order valence-corrected chi connectivity index (χ1v) is 9.62. The zero-order chi connectivity index (χ0) is 17.7. The summed E-state index contributed by atoms with van der Waals surface area (Å²) in [6.45, 7) is 1.63. The van der Waals surface area contributed by atoms with Crippen molar-refractivity contribution in [2.45, 2.75) is 30.3 Å². The van der Waals surface area contributed by atoms with E-state index in [1.165, 1.54) is 24.3 Å². The van der Waals surface area contributed by atoms with Crippen molar-refractivity contribution in [2.24, 2.45) is 0 Å². The molecule has 4 N–H and O–H groups in total. The lowest BCUT2D eigenvalue weighted by molar-refractivity contribution is 0.0950. The summed E-state index contributed by atoms with van der Waals surface area (Å²) in [5, 5.41) is 6.17. The van der Waals surface area contributed by atoms with Crippen LogP contribution in [-0.4, -0.2) is 43.4 Å². The average molecular weight is 436 g/mol. The summed E-state index contributed by atoms with van der Waals surface area (Å²) in [7, 11) is -3.66. The molecule has 1 aromatic carbocycles. The highest BCUT2D eigenvalue weighted by Gasteiger charge is 2.17. The van der Waals surface area contributed by atoms with Gasteiger partial charge in [-0.05, 0) is 43.7 Å². The molecule has 150 valence electrons. The third kappa shape index (κ3) is 6.47. The van der Waals surface area contributed by atoms with E-state index in [0.717, 1.165) is 19.4 Å². The quantitative estimate of drug-likeness (QED) is 0.521. The zero-order valence-electron chi connectivity index (χ0n) is 14.5. The Bertz CT molecular complexity index is 807. The number of nitrogens with one attached hydrogen (secondary N) is 4. The highest BCUT2D eigenvalue weighted by Crippen LogP contribution is 2.11. The highest BCUT2D eigenvalue weighted by atomic mass is 35.5. The molecule has 2 aromatic rings. The molecular weight excluding hydrogens is 413 g/mol. The standard InChI is InChI=1S/C16H21N5O3S.2ClH/c22-16(20-10-13-2-1-7-17-13)12-3-5-14(6-4-12)25(23,24)21-11-15-18-8-9-19-15;;/h3-6,8-9,13,17,21H,1-2,7,10-11H2,(H,18,19)(H,20,22);2*1H/t13-;;/m0../s1. The number of nitrogens with zero attached hydrogens (tertiary/aromatic N) is 1. The number of aromatic nitrogens is 2. The summed E-state index contributed by atoms with van der Waals surface area (Å²) < 4.78 is 27.0. The van der Waals surface area contributed by atoms with Gasteiger partial charge in [0.25, 0.3) is 5.91 Å². The van der Waals surface area contributed by atoms with Gasteiger partial charge in [0, 0.05) is 30.5 Å². The molecule has 1 aliphatic heterocycles. The maximum Gasteiger partial charge on any atom is 0.251 e. The fourth-order valence-electron chi connectivity index (χ4n) is 2.68. The number of aromatic amines is 1. The number of hydrogen-bond acceptors (Lipinski definition) is 5. The number of carbonyl (C=O) groups is 1. The van der Waals surface area contributed by atoms with E-state index >= 15 is 0 Å². The largest absolute Gasteiger partial charge is 0.350 e. The van der Waals surface area contributed by atoms with Gasteiger partial charge in [0.15, 0.2) is 0 Å². The van der Waals surface area contributed by atoms with Gasteiger partial charge in [-0.25, -0.2) is 18.1 Å². The van der Waals surface area contributed by atoms with E-state index in [1.54, 1.807) is 12.4 Å². The molecule has 0 aliphatic carbocycles. The van der Waals surface area contributed by atoms with E-state index in [4.69, 9.17) is 0 Å². The number of H-pyrrole nitrogens is 1. The Balaban J connectivity index is 0.00000182. The van der Waals surface area contributed by atoms with Crippen LogP contribution < -0.4 is 15.4 Å². The molecule has 1 aliphatic rings. The van der Waals surface area contributed by atoms with Crippen LogP contribution in [0.15, 0.2) is 41.6 Å². The number of benzene rings is 1. The van der Waals surface area contributed by atoms with Gasteiger partial charge >= 0.3 is 0 Å². The number of halogens is 2. The van der Waals surface area contributed by atoms with Crippen LogP contribution in [0.1, 0.15) is 29.0 Å². The van der Waals surface area contributed by atoms with Gasteiger partial charge in [-0.3, -0.25) is 4.79 Å². The zero-order valence-corrected chi connectivity index (χ0v) is 16.9. The van der Waals surface area contributed by atoms with Crippen molar-refractivity contribution in [3.05, 3.63) is 48.0 Å². The maximum absolute atomic E-state index is 12.2. The van der Waals surface area contributed by atoms with E-state index in [1.807, 2.05) is 0 Å². The number of rotatable bonds is 7. The fraction of sp³-hybridized carbons (Fsp3) is 0.375. The van der Waals surface area contributed by atoms with Crippen molar-refractivity contribution in [1.82, 2.24) is 25.3 Å². The highest BCUT2D eigenvalue weighted by molar-refractivity contribution is 7.89. The SMILES string of the molecule is Cl.Cl.O=C(NC[C@@H]1CCCN1)c1ccc(S(=O)(=O)NCc2ncc[nH]2)cc1. The lowest BCUT2D eigenvalue weighted by Gasteiger charge is -2.12. The molecule has 1 fully saturated rings. The van der Waals surface area contributed by atoms with E-state index in [2.05, 4.69) is 25.3 Å². The number of hydrogen-bond donors (Lipinski definition) is 4. The van der Waals surface area contributed by atoms with E-state index in [-0.39, 0.29) is 42.2 Å². The van der Waals surface area contributed by atoms with Gasteiger partial charge in [0.1, 0.15) is 5.82 Å². The second-order valence-corrected chi connectivity index (χ2v) is 7.66. The van der Waals surface area contributed by atoms with Crippen molar-refractivity contribution in [2.75, 3.05) is 13.1 Å². The van der Waals surface area contributed by atoms with Crippen LogP contribution in [-0.2, 0) is 16.6 Å². The van der Waals surface area contributed by atoms with Crippen molar-refractivity contribution < 1.29 is 13.2 Å². The average Bonchev–Trinajstić information content (AvgIpc) is 3.31. The summed E-state index contributed by atoms with van der Waals surface area (Å²) in [6.07, 6.45) is 5.35. The molecule has 1 aromatic heterocycles. The first-order chi connectivity index (χ1) is 12.0. The van der Waals surface area contributed by atoms with Gasteiger partial charge in [-0.15, -0.1) is 24.8 Å². The molecule has 0 saturated carbocycles. The fourth-order valence-corrected chi connectivity index (χ4v) is 3.66. The molecule has 3 rings (SSSR count). The molecule has 1 amide bonds.